The van der Waals surface area contributed by atoms with Crippen LogP contribution in [0.3, 0.4) is 0 Å². The van der Waals surface area contributed by atoms with E-state index in [9.17, 15) is 18.3 Å². The van der Waals surface area contributed by atoms with Crippen LogP contribution < -0.4 is 0 Å². The number of ether oxygens (including phenoxy) is 1. The third-order valence-corrected chi connectivity index (χ3v) is 6.38. The minimum Gasteiger partial charge on any atom is -0.508 e. The van der Waals surface area contributed by atoms with Gasteiger partial charge in [-0.05, 0) is 37.1 Å². The third kappa shape index (κ3) is 2.28. The summed E-state index contributed by atoms with van der Waals surface area (Å²) in [6.07, 6.45) is 2.86. The summed E-state index contributed by atoms with van der Waals surface area (Å²) in [4.78, 5) is 12.2. The molecule has 1 aliphatic rings. The van der Waals surface area contributed by atoms with Crippen LogP contribution >= 0.6 is 0 Å². The maximum absolute atomic E-state index is 12.8. The average molecular weight is 298 g/mol. The molecule has 110 valence electrons. The zero-order valence-electron chi connectivity index (χ0n) is 11.3. The normalized spacial score (nSPS) is 18.4. The molecule has 1 saturated carbocycles. The SMILES string of the molecule is COC(=O)C1(S(=O)(=O)c2ccc(O)cc2)CCCCC1. The maximum atomic E-state index is 12.8. The lowest BCUT2D eigenvalue weighted by Gasteiger charge is -2.33. The first-order chi connectivity index (χ1) is 9.44. The molecule has 5 nitrogen and oxygen atoms in total. The van der Waals surface area contributed by atoms with Gasteiger partial charge in [0.25, 0.3) is 0 Å². The van der Waals surface area contributed by atoms with Crippen molar-refractivity contribution in [3.8, 4) is 5.75 Å². The molecule has 0 atom stereocenters. The van der Waals surface area contributed by atoms with Crippen molar-refractivity contribution in [3.05, 3.63) is 24.3 Å². The average Bonchev–Trinajstić information content (AvgIpc) is 2.47. The van der Waals surface area contributed by atoms with Crippen LogP contribution in [0.15, 0.2) is 29.2 Å². The van der Waals surface area contributed by atoms with Gasteiger partial charge in [-0.2, -0.15) is 0 Å². The van der Waals surface area contributed by atoms with Crippen molar-refractivity contribution in [2.75, 3.05) is 7.11 Å². The van der Waals surface area contributed by atoms with Gasteiger partial charge in [-0.15, -0.1) is 0 Å². The van der Waals surface area contributed by atoms with Gasteiger partial charge in [0.2, 0.25) is 0 Å². The topological polar surface area (TPSA) is 80.7 Å². The van der Waals surface area contributed by atoms with E-state index < -0.39 is 20.6 Å². The maximum Gasteiger partial charge on any atom is 0.327 e. The number of sulfone groups is 1. The highest BCUT2D eigenvalue weighted by molar-refractivity contribution is 7.93. The van der Waals surface area contributed by atoms with Crippen LogP contribution in [0.2, 0.25) is 0 Å². The van der Waals surface area contributed by atoms with Gasteiger partial charge in [-0.3, -0.25) is 4.79 Å². The van der Waals surface area contributed by atoms with Gasteiger partial charge in [0.1, 0.15) is 5.75 Å². The Balaban J connectivity index is 2.52. The second-order valence-corrected chi connectivity index (χ2v) is 7.30. The van der Waals surface area contributed by atoms with Crippen LogP contribution in [0.4, 0.5) is 0 Å². The first-order valence-electron chi connectivity index (χ1n) is 6.56. The molecule has 0 aromatic heterocycles. The van der Waals surface area contributed by atoms with E-state index in [-0.39, 0.29) is 23.5 Å². The number of methoxy groups -OCH3 is 1. The summed E-state index contributed by atoms with van der Waals surface area (Å²) in [6.45, 7) is 0. The number of aromatic hydroxyl groups is 1. The summed E-state index contributed by atoms with van der Waals surface area (Å²) in [5.74, 6) is -0.704. The van der Waals surface area contributed by atoms with E-state index in [1.165, 1.54) is 31.4 Å². The van der Waals surface area contributed by atoms with Gasteiger partial charge in [0.15, 0.2) is 14.6 Å². The van der Waals surface area contributed by atoms with Crippen LogP contribution in [0, 0.1) is 0 Å². The second-order valence-electron chi connectivity index (χ2n) is 5.04. The Kier molecular flexibility index (Phi) is 4.04. The largest absolute Gasteiger partial charge is 0.508 e. The van der Waals surface area contributed by atoms with Gasteiger partial charge in [0, 0.05) is 0 Å². The molecule has 0 unspecified atom stereocenters. The zero-order valence-corrected chi connectivity index (χ0v) is 12.1. The first-order valence-corrected chi connectivity index (χ1v) is 8.04. The molecule has 0 heterocycles. The van der Waals surface area contributed by atoms with Crippen LogP contribution in [0.1, 0.15) is 32.1 Å². The molecule has 1 aromatic rings. The van der Waals surface area contributed by atoms with E-state index in [1.807, 2.05) is 0 Å². The molecule has 1 aromatic carbocycles. The summed E-state index contributed by atoms with van der Waals surface area (Å²) in [5.41, 5.74) is 0. The number of phenolic OH excluding ortho intramolecular Hbond substituents is 1. The summed E-state index contributed by atoms with van der Waals surface area (Å²) in [7, 11) is -2.62. The third-order valence-electron chi connectivity index (χ3n) is 3.88. The lowest BCUT2D eigenvalue weighted by molar-refractivity contribution is -0.144. The molecule has 0 bridgehead atoms. The van der Waals surface area contributed by atoms with Gasteiger partial charge in [-0.25, -0.2) is 8.42 Å². The smallest absolute Gasteiger partial charge is 0.327 e. The van der Waals surface area contributed by atoms with E-state index in [1.54, 1.807) is 0 Å². The van der Waals surface area contributed by atoms with E-state index in [0.717, 1.165) is 6.42 Å². The van der Waals surface area contributed by atoms with Crippen molar-refractivity contribution in [2.45, 2.75) is 41.7 Å². The lowest BCUT2D eigenvalue weighted by atomic mass is 9.88. The Morgan fingerprint density at radius 2 is 1.70 bits per heavy atom. The Morgan fingerprint density at radius 1 is 1.15 bits per heavy atom. The summed E-state index contributed by atoms with van der Waals surface area (Å²) >= 11 is 0. The first kappa shape index (κ1) is 14.8. The molecular formula is C14H18O5S. The highest BCUT2D eigenvalue weighted by Gasteiger charge is 2.52. The van der Waals surface area contributed by atoms with E-state index in [4.69, 9.17) is 4.74 Å². The number of benzene rings is 1. The van der Waals surface area contributed by atoms with Gasteiger partial charge in [-0.1, -0.05) is 19.3 Å². The minimum atomic E-state index is -3.84. The monoisotopic (exact) mass is 298 g/mol. The van der Waals surface area contributed by atoms with Crippen molar-refractivity contribution in [2.24, 2.45) is 0 Å². The number of phenols is 1. The molecular weight excluding hydrogens is 280 g/mol. The summed E-state index contributed by atoms with van der Waals surface area (Å²) in [6, 6.07) is 5.26. The number of carbonyl (C=O) groups is 1. The Morgan fingerprint density at radius 3 is 2.20 bits per heavy atom. The standard InChI is InChI=1S/C14H18O5S/c1-19-13(16)14(9-3-2-4-10-14)20(17,18)12-7-5-11(15)6-8-12/h5-8,15H,2-4,9-10H2,1H3. The molecule has 0 spiro atoms. The fourth-order valence-electron chi connectivity index (χ4n) is 2.74. The fraction of sp³-hybridized carbons (Fsp3) is 0.500. The van der Waals surface area contributed by atoms with Crippen molar-refractivity contribution in [1.29, 1.82) is 0 Å². The molecule has 2 rings (SSSR count). The van der Waals surface area contributed by atoms with Crippen molar-refractivity contribution >= 4 is 15.8 Å². The van der Waals surface area contributed by atoms with Crippen molar-refractivity contribution in [1.82, 2.24) is 0 Å². The van der Waals surface area contributed by atoms with Crippen LogP contribution in [0.5, 0.6) is 5.75 Å². The molecule has 20 heavy (non-hydrogen) atoms. The molecule has 6 heteroatoms. The van der Waals surface area contributed by atoms with Crippen molar-refractivity contribution in [3.63, 3.8) is 0 Å². The number of hydrogen-bond donors (Lipinski definition) is 1. The number of carbonyl (C=O) groups excluding carboxylic acids is 1. The van der Waals surface area contributed by atoms with Crippen LogP contribution in [-0.2, 0) is 19.4 Å². The van der Waals surface area contributed by atoms with E-state index in [2.05, 4.69) is 0 Å². The summed E-state index contributed by atoms with van der Waals surface area (Å²) in [5, 5.41) is 9.27. The van der Waals surface area contributed by atoms with Gasteiger partial charge >= 0.3 is 5.97 Å². The zero-order chi connectivity index (χ0) is 14.8. The van der Waals surface area contributed by atoms with Crippen LogP contribution in [0.25, 0.3) is 0 Å². The lowest BCUT2D eigenvalue weighted by Crippen LogP contribution is -2.48. The number of esters is 1. The molecule has 0 saturated heterocycles. The quantitative estimate of drug-likeness (QED) is 0.864. The van der Waals surface area contributed by atoms with Gasteiger partial charge < -0.3 is 9.84 Å². The van der Waals surface area contributed by atoms with Crippen molar-refractivity contribution < 1.29 is 23.1 Å². The predicted octanol–water partition coefficient (Wildman–Crippen LogP) is 2.04. The molecule has 0 radical (unpaired) electrons. The van der Waals surface area contributed by atoms with Gasteiger partial charge in [0.05, 0.1) is 12.0 Å². The molecule has 0 amide bonds. The Hall–Kier alpha value is -1.56. The fourth-order valence-corrected chi connectivity index (χ4v) is 4.82. The van der Waals surface area contributed by atoms with Crippen LogP contribution in [-0.4, -0.2) is 31.4 Å². The summed E-state index contributed by atoms with van der Waals surface area (Å²) < 4.78 is 28.9. The molecule has 1 aliphatic carbocycles. The molecule has 1 fully saturated rings. The predicted molar refractivity (Wildman–Crippen MR) is 73.1 cm³/mol. The highest BCUT2D eigenvalue weighted by Crippen LogP contribution is 2.40. The minimum absolute atomic E-state index is 0.0142. The molecule has 1 N–H and O–H groups in total. The number of rotatable bonds is 3. The highest BCUT2D eigenvalue weighted by atomic mass is 32.2. The van der Waals surface area contributed by atoms with E-state index >= 15 is 0 Å². The number of hydrogen-bond acceptors (Lipinski definition) is 5. The van der Waals surface area contributed by atoms with E-state index in [0.29, 0.717) is 12.8 Å². The Labute approximate surface area is 118 Å². The molecule has 0 aliphatic heterocycles. The second kappa shape index (κ2) is 5.44. The Bertz CT molecular complexity index is 582.